The number of rotatable bonds is 7. The van der Waals surface area contributed by atoms with Gasteiger partial charge in [0.2, 0.25) is 5.91 Å². The van der Waals surface area contributed by atoms with Crippen molar-refractivity contribution in [2.75, 3.05) is 20.3 Å². The Hall–Kier alpha value is -1.39. The maximum atomic E-state index is 11.6. The van der Waals surface area contributed by atoms with Crippen molar-refractivity contribution in [3.8, 4) is 0 Å². The van der Waals surface area contributed by atoms with Crippen LogP contribution in [-0.2, 0) is 16.0 Å². The van der Waals surface area contributed by atoms with E-state index in [9.17, 15) is 9.90 Å². The number of carbonyl (C=O) groups excluding carboxylic acids is 1. The molecule has 0 saturated carbocycles. The lowest BCUT2D eigenvalue weighted by Gasteiger charge is -2.22. The quantitative estimate of drug-likeness (QED) is 0.764. The van der Waals surface area contributed by atoms with E-state index < -0.39 is 5.60 Å². The lowest BCUT2D eigenvalue weighted by atomic mass is 10.1. The molecule has 0 saturated heterocycles. The third-order valence-corrected chi connectivity index (χ3v) is 2.61. The van der Waals surface area contributed by atoms with Crippen LogP contribution in [0.15, 0.2) is 30.3 Å². The number of methoxy groups -OCH3 is 1. The molecule has 1 rings (SSSR count). The first-order valence-electron chi connectivity index (χ1n) is 6.05. The molecule has 0 radical (unpaired) electrons. The predicted octanol–water partition coefficient (Wildman–Crippen LogP) is 1.13. The van der Waals surface area contributed by atoms with Crippen LogP contribution in [-0.4, -0.2) is 36.9 Å². The van der Waals surface area contributed by atoms with E-state index in [1.165, 1.54) is 7.11 Å². The highest BCUT2D eigenvalue weighted by atomic mass is 16.5. The van der Waals surface area contributed by atoms with Crippen LogP contribution < -0.4 is 5.32 Å². The van der Waals surface area contributed by atoms with E-state index in [1.807, 2.05) is 30.3 Å². The highest BCUT2D eigenvalue weighted by molar-refractivity contribution is 5.76. The third kappa shape index (κ3) is 5.80. The molecule has 0 spiro atoms. The molecule has 0 aliphatic heterocycles. The molecule has 0 fully saturated rings. The Balaban J connectivity index is 2.26. The summed E-state index contributed by atoms with van der Waals surface area (Å²) in [4.78, 5) is 11.6. The van der Waals surface area contributed by atoms with Gasteiger partial charge in [-0.3, -0.25) is 4.79 Å². The molecule has 4 nitrogen and oxygen atoms in total. The van der Waals surface area contributed by atoms with Gasteiger partial charge in [-0.15, -0.1) is 0 Å². The van der Waals surface area contributed by atoms with Gasteiger partial charge >= 0.3 is 0 Å². The number of amides is 1. The van der Waals surface area contributed by atoms with Gasteiger partial charge in [0.25, 0.3) is 0 Å². The van der Waals surface area contributed by atoms with Crippen LogP contribution in [0.25, 0.3) is 0 Å². The zero-order valence-electron chi connectivity index (χ0n) is 11.0. The van der Waals surface area contributed by atoms with Gasteiger partial charge in [0.15, 0.2) is 0 Å². The fourth-order valence-corrected chi connectivity index (χ4v) is 1.64. The van der Waals surface area contributed by atoms with Crippen molar-refractivity contribution in [2.45, 2.75) is 25.4 Å². The van der Waals surface area contributed by atoms with Crippen molar-refractivity contribution in [1.82, 2.24) is 5.32 Å². The number of benzene rings is 1. The molecule has 1 unspecified atom stereocenters. The van der Waals surface area contributed by atoms with Crippen LogP contribution in [0.5, 0.6) is 0 Å². The fourth-order valence-electron chi connectivity index (χ4n) is 1.64. The van der Waals surface area contributed by atoms with E-state index in [0.29, 0.717) is 12.8 Å². The molecule has 1 atom stereocenters. The summed E-state index contributed by atoms with van der Waals surface area (Å²) in [5.74, 6) is -0.0600. The molecule has 100 valence electrons. The summed E-state index contributed by atoms with van der Waals surface area (Å²) in [5.41, 5.74) is 0.119. The summed E-state index contributed by atoms with van der Waals surface area (Å²) in [6, 6.07) is 9.85. The van der Waals surface area contributed by atoms with E-state index in [1.54, 1.807) is 6.92 Å². The van der Waals surface area contributed by atoms with Crippen LogP contribution in [0.2, 0.25) is 0 Å². The molecule has 1 amide bonds. The molecule has 2 N–H and O–H groups in total. The largest absolute Gasteiger partial charge is 0.386 e. The summed E-state index contributed by atoms with van der Waals surface area (Å²) < 4.78 is 4.87. The maximum Gasteiger partial charge on any atom is 0.220 e. The van der Waals surface area contributed by atoms with Gasteiger partial charge in [-0.2, -0.15) is 0 Å². The van der Waals surface area contributed by atoms with Crippen LogP contribution >= 0.6 is 0 Å². The molecule has 18 heavy (non-hydrogen) atoms. The van der Waals surface area contributed by atoms with Crippen LogP contribution in [0.3, 0.4) is 0 Å². The normalized spacial score (nSPS) is 13.9. The third-order valence-electron chi connectivity index (χ3n) is 2.61. The Morgan fingerprint density at radius 1 is 1.39 bits per heavy atom. The summed E-state index contributed by atoms with van der Waals surface area (Å²) >= 11 is 0. The zero-order chi connectivity index (χ0) is 13.4. The number of aryl methyl sites for hydroxylation is 1. The predicted molar refractivity (Wildman–Crippen MR) is 70.3 cm³/mol. The number of hydrogen-bond donors (Lipinski definition) is 2. The van der Waals surface area contributed by atoms with E-state index in [4.69, 9.17) is 4.74 Å². The first kappa shape index (κ1) is 14.7. The molecular formula is C14H21NO3. The molecule has 1 aromatic carbocycles. The van der Waals surface area contributed by atoms with Gasteiger partial charge in [-0.05, 0) is 18.9 Å². The Morgan fingerprint density at radius 2 is 2.06 bits per heavy atom. The zero-order valence-corrected chi connectivity index (χ0v) is 11.0. The number of nitrogens with one attached hydrogen (secondary N) is 1. The molecule has 0 aliphatic carbocycles. The highest BCUT2D eigenvalue weighted by Gasteiger charge is 2.20. The van der Waals surface area contributed by atoms with Gasteiger partial charge < -0.3 is 15.2 Å². The molecule has 1 aromatic rings. The van der Waals surface area contributed by atoms with Gasteiger partial charge in [-0.25, -0.2) is 0 Å². The van der Waals surface area contributed by atoms with Crippen LogP contribution in [0, 0.1) is 0 Å². The number of carbonyl (C=O) groups is 1. The van der Waals surface area contributed by atoms with Crippen molar-refractivity contribution in [2.24, 2.45) is 0 Å². The minimum absolute atomic E-state index is 0.0600. The van der Waals surface area contributed by atoms with Crippen LogP contribution in [0.1, 0.15) is 18.9 Å². The minimum Gasteiger partial charge on any atom is -0.386 e. The van der Waals surface area contributed by atoms with Crippen molar-refractivity contribution in [1.29, 1.82) is 0 Å². The van der Waals surface area contributed by atoms with Gasteiger partial charge in [-0.1, -0.05) is 30.3 Å². The van der Waals surface area contributed by atoms with Crippen LogP contribution in [0.4, 0.5) is 0 Å². The van der Waals surface area contributed by atoms with E-state index >= 15 is 0 Å². The second-order valence-electron chi connectivity index (χ2n) is 4.69. The Kier molecular flexibility index (Phi) is 5.82. The van der Waals surface area contributed by atoms with Crippen molar-refractivity contribution in [3.05, 3.63) is 35.9 Å². The Bertz CT molecular complexity index is 363. The summed E-state index contributed by atoms with van der Waals surface area (Å²) in [7, 11) is 1.52. The average Bonchev–Trinajstić information content (AvgIpc) is 2.35. The Morgan fingerprint density at radius 3 is 2.67 bits per heavy atom. The molecule has 0 aromatic heterocycles. The smallest absolute Gasteiger partial charge is 0.220 e. The fraction of sp³-hybridized carbons (Fsp3) is 0.500. The molecule has 0 heterocycles. The van der Waals surface area contributed by atoms with Gasteiger partial charge in [0, 0.05) is 20.1 Å². The number of aliphatic hydroxyl groups is 1. The minimum atomic E-state index is -1.02. The maximum absolute atomic E-state index is 11.6. The van der Waals surface area contributed by atoms with Gasteiger partial charge in [0.05, 0.1) is 6.61 Å². The standard InChI is InChI=1S/C14H21NO3/c1-14(17,11-18-2)10-15-13(16)9-8-12-6-4-3-5-7-12/h3-7,17H,8-11H2,1-2H3,(H,15,16). The first-order valence-corrected chi connectivity index (χ1v) is 6.05. The first-order chi connectivity index (χ1) is 8.53. The van der Waals surface area contributed by atoms with Crippen molar-refractivity contribution < 1.29 is 14.6 Å². The molecule has 4 heteroatoms. The average molecular weight is 251 g/mol. The molecule has 0 aliphatic rings. The second kappa shape index (κ2) is 7.13. The Labute approximate surface area is 108 Å². The van der Waals surface area contributed by atoms with E-state index in [0.717, 1.165) is 5.56 Å². The SMILES string of the molecule is COCC(C)(O)CNC(=O)CCc1ccccc1. The molecule has 0 bridgehead atoms. The monoisotopic (exact) mass is 251 g/mol. The summed E-state index contributed by atoms with van der Waals surface area (Å²) in [6.07, 6.45) is 1.13. The highest BCUT2D eigenvalue weighted by Crippen LogP contribution is 2.04. The number of ether oxygens (including phenoxy) is 1. The van der Waals surface area contributed by atoms with E-state index in [-0.39, 0.29) is 19.1 Å². The summed E-state index contributed by atoms with van der Waals surface area (Å²) in [6.45, 7) is 2.04. The van der Waals surface area contributed by atoms with Gasteiger partial charge in [0.1, 0.15) is 5.60 Å². The number of hydrogen-bond acceptors (Lipinski definition) is 3. The van der Waals surface area contributed by atoms with E-state index in [2.05, 4.69) is 5.32 Å². The topological polar surface area (TPSA) is 58.6 Å². The van der Waals surface area contributed by atoms with Crippen molar-refractivity contribution in [3.63, 3.8) is 0 Å². The molecular weight excluding hydrogens is 230 g/mol. The second-order valence-corrected chi connectivity index (χ2v) is 4.69. The lowest BCUT2D eigenvalue weighted by Crippen LogP contribution is -2.43. The lowest BCUT2D eigenvalue weighted by molar-refractivity contribution is -0.122. The summed E-state index contributed by atoms with van der Waals surface area (Å²) in [5, 5.41) is 12.5. The van der Waals surface area contributed by atoms with Crippen molar-refractivity contribution >= 4 is 5.91 Å².